The zero-order valence-electron chi connectivity index (χ0n) is 6.47. The fourth-order valence-electron chi connectivity index (χ4n) is 0.471. The molecule has 0 aromatic rings. The summed E-state index contributed by atoms with van der Waals surface area (Å²) in [5, 5.41) is 11.4. The van der Waals surface area contributed by atoms with Crippen molar-refractivity contribution >= 4 is 5.97 Å². The van der Waals surface area contributed by atoms with Gasteiger partial charge in [0.2, 0.25) is 0 Å². The third-order valence-corrected chi connectivity index (χ3v) is 1.50. The van der Waals surface area contributed by atoms with Gasteiger partial charge in [0.15, 0.2) is 0 Å². The van der Waals surface area contributed by atoms with Crippen LogP contribution in [0, 0.1) is 0 Å². The van der Waals surface area contributed by atoms with Crippen molar-refractivity contribution in [2.75, 3.05) is 20.8 Å². The SMILES string of the molecule is CN[C@@](C)(CO)C(=O)OC. The van der Waals surface area contributed by atoms with Gasteiger partial charge in [-0.05, 0) is 14.0 Å². The minimum absolute atomic E-state index is 0.268. The van der Waals surface area contributed by atoms with Crippen molar-refractivity contribution < 1.29 is 14.6 Å². The number of carbonyl (C=O) groups is 1. The van der Waals surface area contributed by atoms with Crippen LogP contribution in [0.4, 0.5) is 0 Å². The third kappa shape index (κ3) is 1.68. The van der Waals surface area contributed by atoms with Gasteiger partial charge in [-0.15, -0.1) is 0 Å². The second kappa shape index (κ2) is 3.53. The molecule has 2 N–H and O–H groups in total. The van der Waals surface area contributed by atoms with Gasteiger partial charge in [-0.3, -0.25) is 0 Å². The Balaban J connectivity index is 4.17. The molecule has 0 bridgehead atoms. The van der Waals surface area contributed by atoms with Gasteiger partial charge in [-0.2, -0.15) is 0 Å². The van der Waals surface area contributed by atoms with Crippen LogP contribution in [0.2, 0.25) is 0 Å². The number of nitrogens with one attached hydrogen (secondary N) is 1. The number of carbonyl (C=O) groups excluding carboxylic acids is 1. The summed E-state index contributed by atoms with van der Waals surface area (Å²) in [5.41, 5.74) is -0.964. The van der Waals surface area contributed by atoms with E-state index in [1.54, 1.807) is 14.0 Å². The summed E-state index contributed by atoms with van der Waals surface area (Å²) in [5.74, 6) is -0.461. The molecule has 10 heavy (non-hydrogen) atoms. The van der Waals surface area contributed by atoms with Crippen LogP contribution in [0.3, 0.4) is 0 Å². The predicted molar refractivity (Wildman–Crippen MR) is 36.6 cm³/mol. The van der Waals surface area contributed by atoms with Gasteiger partial charge in [-0.25, -0.2) is 4.79 Å². The number of hydrogen-bond acceptors (Lipinski definition) is 4. The zero-order valence-corrected chi connectivity index (χ0v) is 6.47. The van der Waals surface area contributed by atoms with Gasteiger partial charge in [0.1, 0.15) is 5.54 Å². The molecule has 0 rings (SSSR count). The molecule has 1 atom stereocenters. The molecule has 4 heteroatoms. The average molecular weight is 147 g/mol. The van der Waals surface area contributed by atoms with Crippen molar-refractivity contribution in [2.24, 2.45) is 0 Å². The van der Waals surface area contributed by atoms with E-state index in [9.17, 15) is 4.79 Å². The third-order valence-electron chi connectivity index (χ3n) is 1.50. The highest BCUT2D eigenvalue weighted by atomic mass is 16.5. The molecule has 0 radical (unpaired) electrons. The maximum absolute atomic E-state index is 10.9. The Hall–Kier alpha value is -0.610. The van der Waals surface area contributed by atoms with Crippen LogP contribution in [-0.4, -0.2) is 37.4 Å². The largest absolute Gasteiger partial charge is 0.468 e. The molecule has 0 unspecified atom stereocenters. The van der Waals surface area contributed by atoms with E-state index in [0.717, 1.165) is 0 Å². The highest BCUT2D eigenvalue weighted by molar-refractivity contribution is 5.80. The molecule has 0 saturated carbocycles. The number of rotatable bonds is 3. The summed E-state index contributed by atoms with van der Waals surface area (Å²) in [6, 6.07) is 0. The Labute approximate surface area is 60.2 Å². The summed E-state index contributed by atoms with van der Waals surface area (Å²) >= 11 is 0. The van der Waals surface area contributed by atoms with E-state index in [1.165, 1.54) is 7.11 Å². The number of esters is 1. The van der Waals surface area contributed by atoms with Crippen molar-refractivity contribution in [3.63, 3.8) is 0 Å². The van der Waals surface area contributed by atoms with E-state index in [-0.39, 0.29) is 6.61 Å². The quantitative estimate of drug-likeness (QED) is 0.509. The number of aliphatic hydroxyl groups excluding tert-OH is 1. The predicted octanol–water partition coefficient (Wildman–Crippen LogP) is -0.870. The van der Waals surface area contributed by atoms with Gasteiger partial charge in [-0.1, -0.05) is 0 Å². The van der Waals surface area contributed by atoms with E-state index in [0.29, 0.717) is 0 Å². The van der Waals surface area contributed by atoms with Crippen molar-refractivity contribution in [1.82, 2.24) is 5.32 Å². The van der Waals surface area contributed by atoms with Crippen molar-refractivity contribution in [3.8, 4) is 0 Å². The molecule has 0 amide bonds. The van der Waals surface area contributed by atoms with Crippen molar-refractivity contribution in [1.29, 1.82) is 0 Å². The van der Waals surface area contributed by atoms with E-state index in [2.05, 4.69) is 10.1 Å². The summed E-state index contributed by atoms with van der Waals surface area (Å²) in [4.78, 5) is 10.9. The van der Waals surface area contributed by atoms with Gasteiger partial charge in [0.05, 0.1) is 13.7 Å². The second-order valence-electron chi connectivity index (χ2n) is 2.23. The minimum Gasteiger partial charge on any atom is -0.468 e. The molecule has 0 aromatic carbocycles. The topological polar surface area (TPSA) is 58.6 Å². The molecule has 0 aliphatic rings. The summed E-state index contributed by atoms with van der Waals surface area (Å²) in [7, 11) is 2.88. The van der Waals surface area contributed by atoms with Gasteiger partial charge < -0.3 is 15.2 Å². The molecule has 0 spiro atoms. The number of methoxy groups -OCH3 is 1. The molecular formula is C6H13NO3. The maximum Gasteiger partial charge on any atom is 0.328 e. The van der Waals surface area contributed by atoms with Crippen LogP contribution < -0.4 is 5.32 Å². The van der Waals surface area contributed by atoms with E-state index >= 15 is 0 Å². The van der Waals surface area contributed by atoms with Crippen LogP contribution in [0.1, 0.15) is 6.92 Å². The Bertz CT molecular complexity index is 120. The molecule has 0 heterocycles. The Morgan fingerprint density at radius 1 is 1.80 bits per heavy atom. The van der Waals surface area contributed by atoms with Crippen LogP contribution in [-0.2, 0) is 9.53 Å². The first-order valence-electron chi connectivity index (χ1n) is 2.99. The Kier molecular flexibility index (Phi) is 3.32. The van der Waals surface area contributed by atoms with Crippen LogP contribution >= 0.6 is 0 Å². The van der Waals surface area contributed by atoms with E-state index in [4.69, 9.17) is 5.11 Å². The molecule has 0 saturated heterocycles. The average Bonchev–Trinajstić information content (AvgIpc) is 2.01. The normalized spacial score (nSPS) is 16.0. The molecule has 0 aromatic heterocycles. The number of likely N-dealkylation sites (N-methyl/N-ethyl adjacent to an activating group) is 1. The fraction of sp³-hybridized carbons (Fsp3) is 0.833. The number of aliphatic hydroxyl groups is 1. The molecular weight excluding hydrogens is 134 g/mol. The maximum atomic E-state index is 10.9. The standard InChI is InChI=1S/C6H13NO3/c1-6(4-8,7-2)5(9)10-3/h7-8H,4H2,1-3H3/t6-/m0/s1. The van der Waals surface area contributed by atoms with Crippen LogP contribution in [0.5, 0.6) is 0 Å². The van der Waals surface area contributed by atoms with Crippen LogP contribution in [0.25, 0.3) is 0 Å². The minimum atomic E-state index is -0.964. The Morgan fingerprint density at radius 2 is 2.30 bits per heavy atom. The summed E-state index contributed by atoms with van der Waals surface area (Å²) < 4.78 is 4.44. The zero-order chi connectivity index (χ0) is 8.20. The number of hydrogen-bond donors (Lipinski definition) is 2. The highest BCUT2D eigenvalue weighted by Crippen LogP contribution is 2.02. The second-order valence-corrected chi connectivity index (χ2v) is 2.23. The van der Waals surface area contributed by atoms with Crippen LogP contribution in [0.15, 0.2) is 0 Å². The fourth-order valence-corrected chi connectivity index (χ4v) is 0.471. The first-order valence-corrected chi connectivity index (χ1v) is 2.99. The molecule has 0 aliphatic heterocycles. The molecule has 4 nitrogen and oxygen atoms in total. The lowest BCUT2D eigenvalue weighted by molar-refractivity contribution is -0.149. The van der Waals surface area contributed by atoms with Gasteiger partial charge >= 0.3 is 5.97 Å². The van der Waals surface area contributed by atoms with Crippen molar-refractivity contribution in [2.45, 2.75) is 12.5 Å². The lowest BCUT2D eigenvalue weighted by Gasteiger charge is -2.22. The highest BCUT2D eigenvalue weighted by Gasteiger charge is 2.31. The molecule has 0 fully saturated rings. The first-order chi connectivity index (χ1) is 4.60. The number of ether oxygens (including phenoxy) is 1. The summed E-state index contributed by atoms with van der Waals surface area (Å²) in [6.45, 7) is 1.30. The van der Waals surface area contributed by atoms with Crippen molar-refractivity contribution in [3.05, 3.63) is 0 Å². The van der Waals surface area contributed by atoms with E-state index in [1.807, 2.05) is 0 Å². The summed E-state index contributed by atoms with van der Waals surface area (Å²) in [6.07, 6.45) is 0. The molecule has 0 aliphatic carbocycles. The monoisotopic (exact) mass is 147 g/mol. The lowest BCUT2D eigenvalue weighted by Crippen LogP contribution is -2.51. The van der Waals surface area contributed by atoms with Gasteiger partial charge in [0.25, 0.3) is 0 Å². The molecule has 60 valence electrons. The van der Waals surface area contributed by atoms with E-state index < -0.39 is 11.5 Å². The first kappa shape index (κ1) is 9.39. The van der Waals surface area contributed by atoms with Gasteiger partial charge in [0, 0.05) is 0 Å². The lowest BCUT2D eigenvalue weighted by atomic mass is 10.1. The smallest absolute Gasteiger partial charge is 0.328 e. The Morgan fingerprint density at radius 3 is 2.40 bits per heavy atom.